The second-order valence-electron chi connectivity index (χ2n) is 6.01. The van der Waals surface area contributed by atoms with Crippen LogP contribution in [-0.4, -0.2) is 25.1 Å². The van der Waals surface area contributed by atoms with Crippen LogP contribution in [0.5, 0.6) is 5.75 Å². The van der Waals surface area contributed by atoms with Crippen LogP contribution in [0.3, 0.4) is 0 Å². The van der Waals surface area contributed by atoms with Crippen LogP contribution in [-0.2, 0) is 4.79 Å². The third kappa shape index (κ3) is 3.05. The fraction of sp³-hybridized carbons (Fsp3) is 0.588. The summed E-state index contributed by atoms with van der Waals surface area (Å²) < 4.78 is 5.92. The zero-order valence-electron chi connectivity index (χ0n) is 13.2. The highest BCUT2D eigenvalue weighted by molar-refractivity contribution is 5.85. The van der Waals surface area contributed by atoms with Gasteiger partial charge in [0.15, 0.2) is 0 Å². The Kier molecular flexibility index (Phi) is 4.88. The third-order valence-corrected chi connectivity index (χ3v) is 4.99. The molecule has 0 bridgehead atoms. The third-order valence-electron chi connectivity index (χ3n) is 4.99. The van der Waals surface area contributed by atoms with Gasteiger partial charge in [-0.15, -0.1) is 0 Å². The number of nitrogens with one attached hydrogen (secondary N) is 1. The van der Waals surface area contributed by atoms with Gasteiger partial charge in [0, 0.05) is 0 Å². The van der Waals surface area contributed by atoms with Crippen LogP contribution in [0.15, 0.2) is 18.2 Å². The van der Waals surface area contributed by atoms with Crippen molar-refractivity contribution in [2.45, 2.75) is 45.1 Å². The molecule has 21 heavy (non-hydrogen) atoms. The number of likely N-dealkylation sites (N-methyl/N-ethyl adjacent to an activating group) is 1. The maximum atomic E-state index is 11.8. The predicted octanol–water partition coefficient (Wildman–Crippen LogP) is 2.32. The maximum Gasteiger partial charge on any atom is 0.238 e. The van der Waals surface area contributed by atoms with Gasteiger partial charge < -0.3 is 15.8 Å². The molecule has 2 rings (SSSR count). The molecule has 2 unspecified atom stereocenters. The molecule has 4 nitrogen and oxygen atoms in total. The molecule has 0 heterocycles. The van der Waals surface area contributed by atoms with Gasteiger partial charge in [-0.3, -0.25) is 4.79 Å². The van der Waals surface area contributed by atoms with Gasteiger partial charge in [-0.1, -0.05) is 18.6 Å². The van der Waals surface area contributed by atoms with E-state index in [-0.39, 0.29) is 11.8 Å². The monoisotopic (exact) mass is 290 g/mol. The first-order valence-corrected chi connectivity index (χ1v) is 7.69. The minimum absolute atomic E-state index is 0.237. The van der Waals surface area contributed by atoms with E-state index in [2.05, 4.69) is 25.2 Å². The molecule has 1 saturated carbocycles. The number of hydrogen-bond acceptors (Lipinski definition) is 3. The lowest BCUT2D eigenvalue weighted by molar-refractivity contribution is -0.125. The van der Waals surface area contributed by atoms with Gasteiger partial charge in [0.25, 0.3) is 0 Å². The minimum Gasteiger partial charge on any atom is -0.493 e. The Morgan fingerprint density at radius 1 is 1.48 bits per heavy atom. The topological polar surface area (TPSA) is 64.3 Å². The molecule has 1 aliphatic rings. The molecule has 0 aliphatic heterocycles. The highest BCUT2D eigenvalue weighted by atomic mass is 16.5. The fourth-order valence-corrected chi connectivity index (χ4v) is 3.44. The average molecular weight is 290 g/mol. The molecule has 0 spiro atoms. The predicted molar refractivity (Wildman–Crippen MR) is 84.4 cm³/mol. The van der Waals surface area contributed by atoms with Gasteiger partial charge in [-0.2, -0.15) is 0 Å². The second-order valence-corrected chi connectivity index (χ2v) is 6.01. The number of rotatable bonds is 6. The molecular weight excluding hydrogens is 264 g/mol. The molecule has 0 radical (unpaired) electrons. The zero-order chi connectivity index (χ0) is 15.5. The van der Waals surface area contributed by atoms with Crippen molar-refractivity contribution in [2.24, 2.45) is 11.7 Å². The Labute approximate surface area is 127 Å². The summed E-state index contributed by atoms with van der Waals surface area (Å²) in [6.07, 6.45) is 3.74. The largest absolute Gasteiger partial charge is 0.493 e. The van der Waals surface area contributed by atoms with Crippen LogP contribution >= 0.6 is 0 Å². The van der Waals surface area contributed by atoms with Crippen molar-refractivity contribution in [2.75, 3.05) is 13.7 Å². The molecule has 1 aliphatic carbocycles. The molecule has 2 atom stereocenters. The van der Waals surface area contributed by atoms with Crippen LogP contribution in [0.4, 0.5) is 0 Å². The smallest absolute Gasteiger partial charge is 0.238 e. The van der Waals surface area contributed by atoms with Crippen LogP contribution in [0.25, 0.3) is 0 Å². The quantitative estimate of drug-likeness (QED) is 0.845. The van der Waals surface area contributed by atoms with Gasteiger partial charge >= 0.3 is 0 Å². The highest BCUT2D eigenvalue weighted by Gasteiger charge is 2.46. The number of primary amides is 1. The van der Waals surface area contributed by atoms with Crippen molar-refractivity contribution in [3.63, 3.8) is 0 Å². The molecule has 1 amide bonds. The lowest BCUT2D eigenvalue weighted by atomic mass is 9.84. The Hall–Kier alpha value is -1.55. The van der Waals surface area contributed by atoms with Gasteiger partial charge in [0.2, 0.25) is 5.91 Å². The van der Waals surface area contributed by atoms with E-state index in [0.717, 1.165) is 31.4 Å². The standard InChI is InChI=1S/C17H26N2O2/c1-12-6-4-8-15(13(12)2)21-11-9-14-7-5-10-17(14,19-3)16(18)20/h4,6,8,14,19H,5,7,9-11H2,1-3H3,(H2,18,20). The van der Waals surface area contributed by atoms with Crippen molar-refractivity contribution >= 4 is 5.91 Å². The van der Waals surface area contributed by atoms with Crippen molar-refractivity contribution in [1.29, 1.82) is 0 Å². The Bertz CT molecular complexity index is 516. The number of carbonyl (C=O) groups is 1. The van der Waals surface area contributed by atoms with Gasteiger partial charge in [0.1, 0.15) is 11.3 Å². The van der Waals surface area contributed by atoms with Gasteiger partial charge in [-0.05, 0) is 63.3 Å². The number of benzene rings is 1. The molecule has 0 aromatic heterocycles. The SMILES string of the molecule is CNC1(C(N)=O)CCCC1CCOc1cccc(C)c1C. The van der Waals surface area contributed by atoms with Gasteiger partial charge in [-0.25, -0.2) is 0 Å². The lowest BCUT2D eigenvalue weighted by Gasteiger charge is -2.32. The number of amides is 1. The van der Waals surface area contributed by atoms with Crippen molar-refractivity contribution in [3.8, 4) is 5.75 Å². The molecule has 1 fully saturated rings. The summed E-state index contributed by atoms with van der Waals surface area (Å²) in [7, 11) is 1.83. The fourth-order valence-electron chi connectivity index (χ4n) is 3.44. The Morgan fingerprint density at radius 3 is 2.90 bits per heavy atom. The number of ether oxygens (including phenoxy) is 1. The van der Waals surface area contributed by atoms with E-state index in [1.807, 2.05) is 19.2 Å². The first kappa shape index (κ1) is 15.8. The summed E-state index contributed by atoms with van der Waals surface area (Å²) >= 11 is 0. The van der Waals surface area contributed by atoms with Crippen molar-refractivity contribution in [3.05, 3.63) is 29.3 Å². The lowest BCUT2D eigenvalue weighted by Crippen LogP contribution is -2.56. The zero-order valence-corrected chi connectivity index (χ0v) is 13.2. The molecule has 116 valence electrons. The summed E-state index contributed by atoms with van der Waals surface area (Å²) in [5.41, 5.74) is 7.48. The van der Waals surface area contributed by atoms with Crippen molar-refractivity contribution in [1.82, 2.24) is 5.32 Å². The number of hydrogen-bond donors (Lipinski definition) is 2. The van der Waals surface area contributed by atoms with Crippen LogP contribution < -0.4 is 15.8 Å². The summed E-state index contributed by atoms with van der Waals surface area (Å²) in [5.74, 6) is 0.950. The first-order valence-electron chi connectivity index (χ1n) is 7.69. The molecule has 4 heteroatoms. The van der Waals surface area contributed by atoms with E-state index in [1.165, 1.54) is 11.1 Å². The minimum atomic E-state index is -0.551. The molecule has 0 saturated heterocycles. The van der Waals surface area contributed by atoms with E-state index in [9.17, 15) is 4.79 Å². The molecule has 1 aromatic carbocycles. The normalized spacial score (nSPS) is 25.0. The average Bonchev–Trinajstić information content (AvgIpc) is 2.88. The second kappa shape index (κ2) is 6.48. The number of aryl methyl sites for hydroxylation is 1. The van der Waals surface area contributed by atoms with Crippen LogP contribution in [0.2, 0.25) is 0 Å². The maximum absolute atomic E-state index is 11.8. The van der Waals surface area contributed by atoms with E-state index in [1.54, 1.807) is 0 Å². The van der Waals surface area contributed by atoms with Crippen LogP contribution in [0, 0.1) is 19.8 Å². The molecular formula is C17H26N2O2. The summed E-state index contributed by atoms with van der Waals surface area (Å²) in [6, 6.07) is 6.09. The summed E-state index contributed by atoms with van der Waals surface area (Å²) in [6.45, 7) is 4.77. The number of carbonyl (C=O) groups excluding carboxylic acids is 1. The van der Waals surface area contributed by atoms with Crippen LogP contribution in [0.1, 0.15) is 36.8 Å². The number of nitrogens with two attached hydrogens (primary N) is 1. The summed E-state index contributed by atoms with van der Waals surface area (Å²) in [5, 5.41) is 3.17. The van der Waals surface area contributed by atoms with Crippen molar-refractivity contribution < 1.29 is 9.53 Å². The van der Waals surface area contributed by atoms with E-state index >= 15 is 0 Å². The summed E-state index contributed by atoms with van der Waals surface area (Å²) in [4.78, 5) is 11.8. The molecule has 3 N–H and O–H groups in total. The Morgan fingerprint density at radius 2 is 2.24 bits per heavy atom. The molecule has 1 aromatic rings. The highest BCUT2D eigenvalue weighted by Crippen LogP contribution is 2.37. The first-order chi connectivity index (χ1) is 10.0. The Balaban J connectivity index is 1.97. The van der Waals surface area contributed by atoms with E-state index in [4.69, 9.17) is 10.5 Å². The van der Waals surface area contributed by atoms with Gasteiger partial charge in [0.05, 0.1) is 6.61 Å². The van der Waals surface area contributed by atoms with E-state index < -0.39 is 5.54 Å². The van der Waals surface area contributed by atoms with E-state index in [0.29, 0.717) is 6.61 Å².